The lowest BCUT2D eigenvalue weighted by Crippen LogP contribution is -2.07. The molecule has 8 heteroatoms. The van der Waals surface area contributed by atoms with Gasteiger partial charge in [0.15, 0.2) is 0 Å². The van der Waals surface area contributed by atoms with Gasteiger partial charge in [0.25, 0.3) is 5.69 Å². The van der Waals surface area contributed by atoms with Crippen LogP contribution in [0.1, 0.15) is 15.9 Å². The van der Waals surface area contributed by atoms with E-state index in [1.807, 2.05) is 13.2 Å². The fraction of sp³-hybridized carbons (Fsp3) is 0.231. The number of nitro groups is 1. The van der Waals surface area contributed by atoms with E-state index in [-0.39, 0.29) is 5.56 Å². The standard InChI is InChI=1S/C13H14N4O4/c1-16-8-9(7-15-16)4-5-14-10-2-3-12(17(20)21)11(6-10)13(18)19/h2-3,6-8,14H,4-5H2,1H3,(H,18,19). The summed E-state index contributed by atoms with van der Waals surface area (Å²) in [4.78, 5) is 21.1. The average molecular weight is 290 g/mol. The smallest absolute Gasteiger partial charge is 0.342 e. The second kappa shape index (κ2) is 6.04. The summed E-state index contributed by atoms with van der Waals surface area (Å²) in [6.45, 7) is 0.572. The molecule has 2 N–H and O–H groups in total. The van der Waals surface area contributed by atoms with Crippen molar-refractivity contribution in [1.29, 1.82) is 0 Å². The van der Waals surface area contributed by atoms with Crippen LogP contribution in [0.15, 0.2) is 30.6 Å². The fourth-order valence-electron chi connectivity index (χ4n) is 1.93. The Morgan fingerprint density at radius 2 is 2.29 bits per heavy atom. The molecule has 0 saturated carbocycles. The summed E-state index contributed by atoms with van der Waals surface area (Å²) in [5.74, 6) is -1.32. The SMILES string of the molecule is Cn1cc(CCNc2ccc([N+](=O)[O-])c(C(=O)O)c2)cn1. The van der Waals surface area contributed by atoms with Crippen LogP contribution in [0.25, 0.3) is 0 Å². The van der Waals surface area contributed by atoms with Crippen LogP contribution in [-0.4, -0.2) is 32.3 Å². The van der Waals surface area contributed by atoms with E-state index in [1.165, 1.54) is 18.2 Å². The molecule has 21 heavy (non-hydrogen) atoms. The summed E-state index contributed by atoms with van der Waals surface area (Å²) in [6.07, 6.45) is 4.35. The molecule has 2 aromatic rings. The highest BCUT2D eigenvalue weighted by Gasteiger charge is 2.19. The highest BCUT2D eigenvalue weighted by atomic mass is 16.6. The number of carboxylic acid groups (broad SMARTS) is 1. The molecule has 0 radical (unpaired) electrons. The predicted molar refractivity (Wildman–Crippen MR) is 75.5 cm³/mol. The van der Waals surface area contributed by atoms with E-state index in [1.54, 1.807) is 10.9 Å². The van der Waals surface area contributed by atoms with Crippen molar-refractivity contribution in [1.82, 2.24) is 9.78 Å². The summed E-state index contributed by atoms with van der Waals surface area (Å²) in [5, 5.41) is 26.8. The molecule has 1 aromatic heterocycles. The Labute approximate surface area is 120 Å². The van der Waals surface area contributed by atoms with Gasteiger partial charge in [-0.15, -0.1) is 0 Å². The van der Waals surface area contributed by atoms with Gasteiger partial charge in [-0.3, -0.25) is 14.8 Å². The minimum Gasteiger partial charge on any atom is -0.477 e. The number of rotatable bonds is 6. The highest BCUT2D eigenvalue weighted by Crippen LogP contribution is 2.22. The molecule has 0 spiro atoms. The number of hydrogen-bond acceptors (Lipinski definition) is 5. The van der Waals surface area contributed by atoms with Gasteiger partial charge in [0.1, 0.15) is 5.56 Å². The first kappa shape index (κ1) is 14.5. The van der Waals surface area contributed by atoms with Crippen molar-refractivity contribution in [2.45, 2.75) is 6.42 Å². The highest BCUT2D eigenvalue weighted by molar-refractivity contribution is 5.93. The van der Waals surface area contributed by atoms with E-state index in [0.29, 0.717) is 18.7 Å². The van der Waals surface area contributed by atoms with E-state index in [9.17, 15) is 14.9 Å². The Kier molecular flexibility index (Phi) is 4.17. The van der Waals surface area contributed by atoms with E-state index >= 15 is 0 Å². The molecule has 1 aromatic carbocycles. The van der Waals surface area contributed by atoms with Gasteiger partial charge in [-0.05, 0) is 24.1 Å². The molecule has 0 unspecified atom stereocenters. The zero-order valence-electron chi connectivity index (χ0n) is 11.3. The zero-order valence-corrected chi connectivity index (χ0v) is 11.3. The first-order chi connectivity index (χ1) is 9.97. The Hall–Kier alpha value is -2.90. The van der Waals surface area contributed by atoms with E-state index in [0.717, 1.165) is 5.56 Å². The first-order valence-corrected chi connectivity index (χ1v) is 6.20. The van der Waals surface area contributed by atoms with Crippen molar-refractivity contribution >= 4 is 17.3 Å². The predicted octanol–water partition coefficient (Wildman–Crippen LogP) is 1.68. The number of nitrogens with one attached hydrogen (secondary N) is 1. The Morgan fingerprint density at radius 1 is 1.52 bits per heavy atom. The van der Waals surface area contributed by atoms with E-state index in [4.69, 9.17) is 5.11 Å². The van der Waals surface area contributed by atoms with Gasteiger partial charge in [0, 0.05) is 31.5 Å². The second-order valence-electron chi connectivity index (χ2n) is 4.49. The van der Waals surface area contributed by atoms with Crippen molar-refractivity contribution in [2.24, 2.45) is 7.05 Å². The summed E-state index contributed by atoms with van der Waals surface area (Å²) in [5.41, 5.74) is 0.832. The van der Waals surface area contributed by atoms with Crippen LogP contribution in [0.3, 0.4) is 0 Å². The fourth-order valence-corrected chi connectivity index (χ4v) is 1.93. The number of carboxylic acids is 1. The number of aromatic carboxylic acids is 1. The number of anilines is 1. The van der Waals surface area contributed by atoms with Crippen molar-refractivity contribution in [3.05, 3.63) is 51.8 Å². The maximum absolute atomic E-state index is 11.0. The molecule has 0 bridgehead atoms. The maximum Gasteiger partial charge on any atom is 0.342 e. The number of benzene rings is 1. The molecular formula is C13H14N4O4. The van der Waals surface area contributed by atoms with Gasteiger partial charge >= 0.3 is 5.97 Å². The van der Waals surface area contributed by atoms with Crippen LogP contribution < -0.4 is 5.32 Å². The lowest BCUT2D eigenvalue weighted by Gasteiger charge is -2.06. The minimum atomic E-state index is -1.32. The van der Waals surface area contributed by atoms with Crippen LogP contribution in [0.2, 0.25) is 0 Å². The average Bonchev–Trinajstić information content (AvgIpc) is 2.84. The Balaban J connectivity index is 2.05. The van der Waals surface area contributed by atoms with Crippen LogP contribution in [0.4, 0.5) is 11.4 Å². The summed E-state index contributed by atoms with van der Waals surface area (Å²) < 4.78 is 1.70. The summed E-state index contributed by atoms with van der Waals surface area (Å²) in [7, 11) is 1.83. The van der Waals surface area contributed by atoms with Crippen molar-refractivity contribution < 1.29 is 14.8 Å². The lowest BCUT2D eigenvalue weighted by atomic mass is 10.1. The van der Waals surface area contributed by atoms with Gasteiger partial charge < -0.3 is 10.4 Å². The molecule has 0 saturated heterocycles. The molecule has 0 fully saturated rings. The topological polar surface area (TPSA) is 110 Å². The van der Waals surface area contributed by atoms with Crippen molar-refractivity contribution in [3.63, 3.8) is 0 Å². The molecule has 0 amide bonds. The van der Waals surface area contributed by atoms with Crippen LogP contribution in [0, 0.1) is 10.1 Å². The molecule has 1 heterocycles. The van der Waals surface area contributed by atoms with Crippen LogP contribution in [0.5, 0.6) is 0 Å². The molecule has 110 valence electrons. The molecule has 8 nitrogen and oxygen atoms in total. The monoisotopic (exact) mass is 290 g/mol. The third-order valence-electron chi connectivity index (χ3n) is 2.92. The van der Waals surface area contributed by atoms with E-state index < -0.39 is 16.6 Å². The molecule has 0 aliphatic heterocycles. The number of aryl methyl sites for hydroxylation is 1. The van der Waals surface area contributed by atoms with Gasteiger partial charge in [0.2, 0.25) is 0 Å². The first-order valence-electron chi connectivity index (χ1n) is 6.20. The number of aromatic nitrogens is 2. The molecule has 2 rings (SSSR count). The Bertz CT molecular complexity index is 681. The summed E-state index contributed by atoms with van der Waals surface area (Å²) in [6, 6.07) is 3.95. The van der Waals surface area contributed by atoms with Gasteiger partial charge in [-0.1, -0.05) is 0 Å². The van der Waals surface area contributed by atoms with E-state index in [2.05, 4.69) is 10.4 Å². The number of nitro benzene ring substituents is 1. The number of hydrogen-bond donors (Lipinski definition) is 2. The third kappa shape index (κ3) is 3.56. The zero-order chi connectivity index (χ0) is 15.4. The minimum absolute atomic E-state index is 0.327. The lowest BCUT2D eigenvalue weighted by molar-refractivity contribution is -0.385. The van der Waals surface area contributed by atoms with Crippen LogP contribution in [-0.2, 0) is 13.5 Å². The Morgan fingerprint density at radius 3 is 2.86 bits per heavy atom. The van der Waals surface area contributed by atoms with Crippen LogP contribution >= 0.6 is 0 Å². The third-order valence-corrected chi connectivity index (χ3v) is 2.92. The number of carbonyl (C=O) groups is 1. The molecule has 0 atom stereocenters. The maximum atomic E-state index is 11.0. The molecule has 0 aliphatic carbocycles. The quantitative estimate of drug-likeness (QED) is 0.618. The van der Waals surface area contributed by atoms with Crippen molar-refractivity contribution in [2.75, 3.05) is 11.9 Å². The van der Waals surface area contributed by atoms with Gasteiger partial charge in [0.05, 0.1) is 11.1 Å². The summed E-state index contributed by atoms with van der Waals surface area (Å²) >= 11 is 0. The number of nitrogens with zero attached hydrogens (tertiary/aromatic N) is 3. The van der Waals surface area contributed by atoms with Gasteiger partial charge in [-0.25, -0.2) is 4.79 Å². The van der Waals surface area contributed by atoms with Crippen molar-refractivity contribution in [3.8, 4) is 0 Å². The molecular weight excluding hydrogens is 276 g/mol. The molecule has 0 aliphatic rings. The largest absolute Gasteiger partial charge is 0.477 e. The second-order valence-corrected chi connectivity index (χ2v) is 4.49. The normalized spacial score (nSPS) is 10.3. The van der Waals surface area contributed by atoms with Gasteiger partial charge in [-0.2, -0.15) is 5.10 Å².